The smallest absolute Gasteiger partial charge is 0.238 e. The fourth-order valence-electron chi connectivity index (χ4n) is 5.91. The second-order valence-corrected chi connectivity index (χ2v) is 11.2. The predicted octanol–water partition coefficient (Wildman–Crippen LogP) is 4.55. The molecule has 43 heavy (non-hydrogen) atoms. The quantitative estimate of drug-likeness (QED) is 0.309. The number of aromatic nitrogens is 3. The monoisotopic (exact) mass is 584 g/mol. The molecule has 1 fully saturated rings. The van der Waals surface area contributed by atoms with Gasteiger partial charge in [0.05, 0.1) is 19.3 Å². The number of aryl methyl sites for hydroxylation is 3. The molecule has 1 amide bonds. The number of halogens is 1. The number of hydrogen-bond donors (Lipinski definition) is 1. The van der Waals surface area contributed by atoms with Crippen LogP contribution >= 0.6 is 0 Å². The van der Waals surface area contributed by atoms with Crippen LogP contribution in [0.2, 0.25) is 0 Å². The SMILES string of the molecule is COc1cc(CN2CCCN(CC(=O)Nc3ccc4c(c3)CCc3nnc(C)n3-4)CC2)ccc1OCc1ccccc1F. The number of benzene rings is 3. The average molecular weight is 585 g/mol. The van der Waals surface area contributed by atoms with Gasteiger partial charge >= 0.3 is 0 Å². The van der Waals surface area contributed by atoms with Crippen LogP contribution < -0.4 is 14.8 Å². The number of fused-ring (bicyclic) bond motifs is 3. The summed E-state index contributed by atoms with van der Waals surface area (Å²) in [7, 11) is 1.61. The standard InChI is InChI=1S/C33H37FN6O3/c1-23-36-37-32-13-9-25-19-27(10-11-29(25)40(23)32)35-33(41)21-39-15-5-14-38(16-17-39)20-24-8-12-30(31(18-24)42-2)43-22-26-6-3-4-7-28(26)34/h3-4,6-8,10-12,18-19H,5,9,13-17,20-22H2,1-2H3,(H,35,41). The molecule has 1 saturated heterocycles. The van der Waals surface area contributed by atoms with E-state index in [1.54, 1.807) is 25.3 Å². The Balaban J connectivity index is 1.00. The summed E-state index contributed by atoms with van der Waals surface area (Å²) in [6.45, 7) is 6.72. The topological polar surface area (TPSA) is 84.8 Å². The van der Waals surface area contributed by atoms with E-state index in [9.17, 15) is 9.18 Å². The van der Waals surface area contributed by atoms with Gasteiger partial charge in [-0.2, -0.15) is 0 Å². The van der Waals surface area contributed by atoms with Gasteiger partial charge in [-0.05, 0) is 80.4 Å². The van der Waals surface area contributed by atoms with E-state index in [1.165, 1.54) is 11.6 Å². The maximum Gasteiger partial charge on any atom is 0.238 e. The molecule has 3 aromatic carbocycles. The van der Waals surface area contributed by atoms with Crippen LogP contribution in [-0.2, 0) is 30.8 Å². The third-order valence-corrected chi connectivity index (χ3v) is 8.14. The van der Waals surface area contributed by atoms with Gasteiger partial charge in [0, 0.05) is 37.3 Å². The lowest BCUT2D eigenvalue weighted by molar-refractivity contribution is -0.117. The van der Waals surface area contributed by atoms with Gasteiger partial charge < -0.3 is 14.8 Å². The number of methoxy groups -OCH3 is 1. The van der Waals surface area contributed by atoms with Crippen LogP contribution in [0.1, 0.15) is 34.8 Å². The van der Waals surface area contributed by atoms with Gasteiger partial charge in [0.1, 0.15) is 24.1 Å². The first kappa shape index (κ1) is 28.8. The Morgan fingerprint density at radius 1 is 0.953 bits per heavy atom. The van der Waals surface area contributed by atoms with E-state index in [0.29, 0.717) is 23.6 Å². The Morgan fingerprint density at radius 3 is 2.65 bits per heavy atom. The largest absolute Gasteiger partial charge is 0.493 e. The molecular formula is C33H37FN6O3. The summed E-state index contributed by atoms with van der Waals surface area (Å²) in [5.41, 5.74) is 4.73. The van der Waals surface area contributed by atoms with E-state index in [4.69, 9.17) is 9.47 Å². The number of nitrogens with zero attached hydrogens (tertiary/aromatic N) is 5. The molecule has 0 bridgehead atoms. The van der Waals surface area contributed by atoms with Crippen molar-refractivity contribution in [1.82, 2.24) is 24.6 Å². The normalized spacial score (nSPS) is 15.3. The van der Waals surface area contributed by atoms with E-state index in [1.807, 2.05) is 37.3 Å². The Kier molecular flexibility index (Phi) is 8.67. The van der Waals surface area contributed by atoms with Crippen LogP contribution in [0.5, 0.6) is 11.5 Å². The molecule has 6 rings (SSSR count). The van der Waals surface area contributed by atoms with Crippen molar-refractivity contribution in [3.05, 3.63) is 94.8 Å². The highest BCUT2D eigenvalue weighted by Crippen LogP contribution is 2.30. The summed E-state index contributed by atoms with van der Waals surface area (Å²) in [5.74, 6) is 2.79. The molecule has 224 valence electrons. The molecule has 0 spiro atoms. The van der Waals surface area contributed by atoms with Crippen LogP contribution in [0.3, 0.4) is 0 Å². The van der Waals surface area contributed by atoms with E-state index < -0.39 is 0 Å². The number of carbonyl (C=O) groups excluding carboxylic acids is 1. The molecular weight excluding hydrogens is 547 g/mol. The summed E-state index contributed by atoms with van der Waals surface area (Å²) in [6, 6.07) is 18.6. The summed E-state index contributed by atoms with van der Waals surface area (Å²) in [6.07, 6.45) is 2.71. The Hall–Kier alpha value is -4.28. The van der Waals surface area contributed by atoms with Crippen molar-refractivity contribution >= 4 is 11.6 Å². The van der Waals surface area contributed by atoms with Crippen LogP contribution in [0.25, 0.3) is 5.69 Å². The summed E-state index contributed by atoms with van der Waals surface area (Å²) in [5, 5.41) is 11.6. The second kappa shape index (κ2) is 12.9. The maximum absolute atomic E-state index is 14.0. The first-order valence-corrected chi connectivity index (χ1v) is 14.8. The zero-order valence-electron chi connectivity index (χ0n) is 24.7. The Morgan fingerprint density at radius 2 is 1.79 bits per heavy atom. The summed E-state index contributed by atoms with van der Waals surface area (Å²) < 4.78 is 27.5. The van der Waals surface area contributed by atoms with Gasteiger partial charge in [0.2, 0.25) is 5.91 Å². The average Bonchev–Trinajstić information content (AvgIpc) is 3.26. The molecule has 0 radical (unpaired) electrons. The Bertz CT molecular complexity index is 1610. The number of hydrogen-bond acceptors (Lipinski definition) is 7. The minimum Gasteiger partial charge on any atom is -0.493 e. The van der Waals surface area contributed by atoms with Crippen molar-refractivity contribution in [1.29, 1.82) is 0 Å². The fraction of sp³-hybridized carbons (Fsp3) is 0.364. The number of anilines is 1. The molecule has 10 heteroatoms. The second-order valence-electron chi connectivity index (χ2n) is 11.2. The molecule has 9 nitrogen and oxygen atoms in total. The van der Waals surface area contributed by atoms with Gasteiger partial charge in [0.15, 0.2) is 11.5 Å². The van der Waals surface area contributed by atoms with Crippen molar-refractivity contribution in [3.8, 4) is 17.2 Å². The van der Waals surface area contributed by atoms with Gasteiger partial charge in [-0.3, -0.25) is 19.2 Å². The zero-order valence-corrected chi connectivity index (χ0v) is 24.7. The zero-order chi connectivity index (χ0) is 29.8. The Labute approximate surface area is 251 Å². The van der Waals surface area contributed by atoms with Crippen molar-refractivity contribution < 1.29 is 18.7 Å². The van der Waals surface area contributed by atoms with Gasteiger partial charge in [-0.15, -0.1) is 10.2 Å². The highest BCUT2D eigenvalue weighted by molar-refractivity contribution is 5.92. The molecule has 0 unspecified atom stereocenters. The lowest BCUT2D eigenvalue weighted by atomic mass is 10.0. The molecule has 0 atom stereocenters. The summed E-state index contributed by atoms with van der Waals surface area (Å²) in [4.78, 5) is 17.6. The minimum atomic E-state index is -0.286. The van der Waals surface area contributed by atoms with E-state index in [-0.39, 0.29) is 18.3 Å². The number of nitrogens with one attached hydrogen (secondary N) is 1. The van der Waals surface area contributed by atoms with Crippen molar-refractivity contribution in [2.75, 3.05) is 45.2 Å². The minimum absolute atomic E-state index is 0.00101. The molecule has 4 aromatic rings. The van der Waals surface area contributed by atoms with Crippen LogP contribution in [0.4, 0.5) is 10.1 Å². The molecule has 1 aromatic heterocycles. The molecule has 0 aliphatic carbocycles. The van der Waals surface area contributed by atoms with Crippen LogP contribution in [0.15, 0.2) is 60.7 Å². The van der Waals surface area contributed by atoms with E-state index >= 15 is 0 Å². The molecule has 2 aliphatic rings. The summed E-state index contributed by atoms with van der Waals surface area (Å²) >= 11 is 0. The third-order valence-electron chi connectivity index (χ3n) is 8.14. The number of carbonyl (C=O) groups is 1. The van der Waals surface area contributed by atoms with Crippen molar-refractivity contribution in [2.45, 2.75) is 39.3 Å². The number of rotatable bonds is 9. The molecule has 1 N–H and O–H groups in total. The fourth-order valence-corrected chi connectivity index (χ4v) is 5.91. The maximum atomic E-state index is 14.0. The van der Waals surface area contributed by atoms with Crippen molar-refractivity contribution in [3.63, 3.8) is 0 Å². The number of ether oxygens (including phenoxy) is 2. The lowest BCUT2D eigenvalue weighted by Gasteiger charge is -2.22. The van der Waals surface area contributed by atoms with Gasteiger partial charge in [-0.1, -0.05) is 24.3 Å². The van der Waals surface area contributed by atoms with E-state index in [2.05, 4.69) is 35.9 Å². The highest BCUT2D eigenvalue weighted by Gasteiger charge is 2.21. The molecule has 2 aliphatic heterocycles. The highest BCUT2D eigenvalue weighted by atomic mass is 19.1. The van der Waals surface area contributed by atoms with E-state index in [0.717, 1.165) is 80.6 Å². The number of amides is 1. The molecule has 3 heterocycles. The van der Waals surface area contributed by atoms with Crippen LogP contribution in [0, 0.1) is 12.7 Å². The van der Waals surface area contributed by atoms with Crippen molar-refractivity contribution in [2.24, 2.45) is 0 Å². The lowest BCUT2D eigenvalue weighted by Crippen LogP contribution is -2.36. The first-order chi connectivity index (χ1) is 21.0. The third kappa shape index (κ3) is 6.71. The van der Waals surface area contributed by atoms with Crippen LogP contribution in [-0.4, -0.2) is 70.3 Å². The predicted molar refractivity (Wildman–Crippen MR) is 162 cm³/mol. The molecule has 0 saturated carbocycles. The first-order valence-electron chi connectivity index (χ1n) is 14.8. The van der Waals surface area contributed by atoms with Gasteiger partial charge in [0.25, 0.3) is 0 Å². The van der Waals surface area contributed by atoms with Gasteiger partial charge in [-0.25, -0.2) is 4.39 Å².